The van der Waals surface area contributed by atoms with Gasteiger partial charge in [0.2, 0.25) is 0 Å². The van der Waals surface area contributed by atoms with E-state index >= 15 is 0 Å². The highest BCUT2D eigenvalue weighted by Gasteiger charge is 2.34. The van der Waals surface area contributed by atoms with Crippen LogP contribution in [0.5, 0.6) is 0 Å². The van der Waals surface area contributed by atoms with Crippen molar-refractivity contribution in [2.75, 3.05) is 0 Å². The molecule has 5 rings (SSSR count). The van der Waals surface area contributed by atoms with E-state index in [0.29, 0.717) is 29.5 Å². The molecule has 0 saturated carbocycles. The van der Waals surface area contributed by atoms with E-state index in [2.05, 4.69) is 31.5 Å². The first-order valence-corrected chi connectivity index (χ1v) is 12.9. The van der Waals surface area contributed by atoms with Gasteiger partial charge in [-0.25, -0.2) is 4.68 Å². The summed E-state index contributed by atoms with van der Waals surface area (Å²) in [4.78, 5) is 19.1. The van der Waals surface area contributed by atoms with Gasteiger partial charge in [0.15, 0.2) is 5.82 Å². The predicted octanol–water partition coefficient (Wildman–Crippen LogP) is 5.92. The highest BCUT2D eigenvalue weighted by molar-refractivity contribution is 6.31. The summed E-state index contributed by atoms with van der Waals surface area (Å²) in [6.07, 6.45) is 1.65. The zero-order chi connectivity index (χ0) is 27.0. The van der Waals surface area contributed by atoms with Crippen LogP contribution in [-0.2, 0) is 18.6 Å². The lowest BCUT2D eigenvalue weighted by molar-refractivity contribution is 0.171. The smallest absolute Gasteiger partial charge is 0.253 e. The summed E-state index contributed by atoms with van der Waals surface area (Å²) >= 11 is 6.61. The van der Waals surface area contributed by atoms with Crippen molar-refractivity contribution in [2.45, 2.75) is 59.3 Å². The molecule has 0 spiro atoms. The van der Waals surface area contributed by atoms with Gasteiger partial charge in [0.25, 0.3) is 5.56 Å². The van der Waals surface area contributed by atoms with Crippen molar-refractivity contribution in [1.29, 1.82) is 0 Å². The Kier molecular flexibility index (Phi) is 6.94. The van der Waals surface area contributed by atoms with Crippen LogP contribution in [0.15, 0.2) is 70.1 Å². The third-order valence-corrected chi connectivity index (χ3v) is 7.14. The molecule has 1 atom stereocenters. The number of halogens is 1. The highest BCUT2D eigenvalue weighted by Crippen LogP contribution is 2.33. The lowest BCUT2D eigenvalue weighted by Crippen LogP contribution is -2.37. The van der Waals surface area contributed by atoms with E-state index in [4.69, 9.17) is 16.0 Å². The number of aromatic nitrogens is 5. The van der Waals surface area contributed by atoms with Crippen molar-refractivity contribution in [3.05, 3.63) is 110 Å². The van der Waals surface area contributed by atoms with Crippen LogP contribution >= 0.6 is 11.6 Å². The number of furan rings is 1. The minimum absolute atomic E-state index is 0.191. The molecule has 9 heteroatoms. The maximum Gasteiger partial charge on any atom is 0.253 e. The molecule has 38 heavy (non-hydrogen) atoms. The summed E-state index contributed by atoms with van der Waals surface area (Å²) in [5.74, 6) is 1.31. The molecule has 8 nitrogen and oxygen atoms in total. The zero-order valence-electron chi connectivity index (χ0n) is 22.2. The quantitative estimate of drug-likeness (QED) is 0.280. The number of rotatable bonds is 7. The van der Waals surface area contributed by atoms with Gasteiger partial charge in [0.1, 0.15) is 11.8 Å². The number of aromatic amines is 1. The number of pyridine rings is 1. The Balaban J connectivity index is 1.77. The van der Waals surface area contributed by atoms with Crippen LogP contribution in [0.4, 0.5) is 0 Å². The van der Waals surface area contributed by atoms with Gasteiger partial charge in [0.05, 0.1) is 23.9 Å². The van der Waals surface area contributed by atoms with Crippen molar-refractivity contribution < 1.29 is 4.42 Å². The molecule has 0 radical (unpaired) electrons. The van der Waals surface area contributed by atoms with Crippen LogP contribution in [0.2, 0.25) is 5.02 Å². The molecule has 0 saturated heterocycles. The second-order valence-electron chi connectivity index (χ2n) is 10.6. The molecule has 0 fully saturated rings. The van der Waals surface area contributed by atoms with Crippen molar-refractivity contribution in [3.63, 3.8) is 0 Å². The molecule has 2 aromatic carbocycles. The van der Waals surface area contributed by atoms with Crippen LogP contribution < -0.4 is 5.56 Å². The molecule has 1 N–H and O–H groups in total. The Hall–Kier alpha value is -3.75. The summed E-state index contributed by atoms with van der Waals surface area (Å²) in [6.45, 7) is 11.0. The van der Waals surface area contributed by atoms with Crippen LogP contribution in [0, 0.1) is 13.8 Å². The Morgan fingerprint density at radius 2 is 1.82 bits per heavy atom. The molecule has 196 valence electrons. The van der Waals surface area contributed by atoms with Crippen molar-refractivity contribution in [1.82, 2.24) is 30.1 Å². The lowest BCUT2D eigenvalue weighted by Gasteiger charge is -2.32. The molecule has 0 bridgehead atoms. The van der Waals surface area contributed by atoms with Crippen molar-refractivity contribution in [2.24, 2.45) is 0 Å². The van der Waals surface area contributed by atoms with Gasteiger partial charge in [-0.2, -0.15) is 0 Å². The third kappa shape index (κ3) is 5.01. The van der Waals surface area contributed by atoms with Crippen LogP contribution in [0.3, 0.4) is 0 Å². The first-order valence-electron chi connectivity index (χ1n) is 12.5. The van der Waals surface area contributed by atoms with Crippen LogP contribution in [0.25, 0.3) is 10.9 Å². The standard InChI is InChI=1S/C29H31ClN6O2/c1-18-12-13-19(2)25-22(18)15-23(28(37)31-25)26(27-32-33-34-36(27)29(3,4)5)35(17-21-10-8-14-38-21)16-20-9-6-7-11-24(20)30/h6-15,26H,16-17H2,1-5H3,(H,31,37). The number of hydrogen-bond donors (Lipinski definition) is 1. The summed E-state index contributed by atoms with van der Waals surface area (Å²) in [5.41, 5.74) is 3.76. The Bertz CT molecular complexity index is 1630. The topological polar surface area (TPSA) is 92.8 Å². The second kappa shape index (κ2) is 10.2. The second-order valence-corrected chi connectivity index (χ2v) is 11.0. The van der Waals surface area contributed by atoms with E-state index in [1.54, 1.807) is 10.9 Å². The molecule has 1 unspecified atom stereocenters. The van der Waals surface area contributed by atoms with Gasteiger partial charge < -0.3 is 9.40 Å². The first-order chi connectivity index (χ1) is 18.1. The van der Waals surface area contributed by atoms with Gasteiger partial charge >= 0.3 is 0 Å². The summed E-state index contributed by atoms with van der Waals surface area (Å²) < 4.78 is 7.53. The molecule has 3 heterocycles. The number of tetrazole rings is 1. The van der Waals surface area contributed by atoms with Crippen molar-refractivity contribution >= 4 is 22.5 Å². The summed E-state index contributed by atoms with van der Waals surface area (Å²) in [5, 5.41) is 14.5. The molecule has 0 aliphatic heterocycles. The largest absolute Gasteiger partial charge is 0.468 e. The Labute approximate surface area is 226 Å². The summed E-state index contributed by atoms with van der Waals surface area (Å²) in [6, 6.07) is 16.9. The minimum Gasteiger partial charge on any atom is -0.468 e. The van der Waals surface area contributed by atoms with E-state index in [1.807, 2.05) is 83.1 Å². The predicted molar refractivity (Wildman–Crippen MR) is 148 cm³/mol. The SMILES string of the molecule is Cc1ccc(C)c2[nH]c(=O)c(C(c3nnnn3C(C)(C)C)N(Cc3ccco3)Cc3ccccc3Cl)cc12. The highest BCUT2D eigenvalue weighted by atomic mass is 35.5. The monoisotopic (exact) mass is 530 g/mol. The fourth-order valence-corrected chi connectivity index (χ4v) is 5.02. The average Bonchev–Trinajstić information content (AvgIpc) is 3.56. The first kappa shape index (κ1) is 25.9. The van der Waals surface area contributed by atoms with Gasteiger partial charge in [-0.05, 0) is 86.0 Å². The average molecular weight is 531 g/mol. The number of hydrogen-bond acceptors (Lipinski definition) is 6. The Morgan fingerprint density at radius 1 is 1.05 bits per heavy atom. The number of aryl methyl sites for hydroxylation is 2. The fraction of sp³-hybridized carbons (Fsp3) is 0.310. The number of nitrogens with zero attached hydrogens (tertiary/aromatic N) is 5. The normalized spacial score (nSPS) is 12.9. The Morgan fingerprint density at radius 3 is 2.53 bits per heavy atom. The number of nitrogens with one attached hydrogen (secondary N) is 1. The lowest BCUT2D eigenvalue weighted by atomic mass is 9.98. The van der Waals surface area contributed by atoms with Gasteiger partial charge in [-0.1, -0.05) is 41.9 Å². The molecular formula is C29H31ClN6O2. The molecule has 0 aliphatic rings. The van der Waals surface area contributed by atoms with Crippen LogP contribution in [-0.4, -0.2) is 30.1 Å². The van der Waals surface area contributed by atoms with Crippen molar-refractivity contribution in [3.8, 4) is 0 Å². The number of H-pyrrole nitrogens is 1. The fourth-order valence-electron chi connectivity index (χ4n) is 4.82. The maximum absolute atomic E-state index is 13.8. The van der Waals surface area contributed by atoms with Gasteiger partial charge in [-0.15, -0.1) is 5.10 Å². The molecule has 0 amide bonds. The van der Waals surface area contributed by atoms with Gasteiger partial charge in [0, 0.05) is 22.5 Å². The van der Waals surface area contributed by atoms with E-state index < -0.39 is 11.6 Å². The van der Waals surface area contributed by atoms with E-state index in [9.17, 15) is 4.79 Å². The van der Waals surface area contributed by atoms with E-state index in [0.717, 1.165) is 33.4 Å². The summed E-state index contributed by atoms with van der Waals surface area (Å²) in [7, 11) is 0. The van der Waals surface area contributed by atoms with E-state index in [-0.39, 0.29) is 5.56 Å². The molecular weight excluding hydrogens is 500 g/mol. The van der Waals surface area contributed by atoms with Gasteiger partial charge in [-0.3, -0.25) is 9.69 Å². The molecule has 5 aromatic rings. The number of fused-ring (bicyclic) bond motifs is 1. The van der Waals surface area contributed by atoms with Crippen LogP contribution in [0.1, 0.15) is 60.7 Å². The number of benzene rings is 2. The molecule has 0 aliphatic carbocycles. The molecule has 3 aromatic heterocycles. The minimum atomic E-state index is -0.598. The van der Waals surface area contributed by atoms with E-state index in [1.165, 1.54) is 0 Å². The third-order valence-electron chi connectivity index (χ3n) is 6.78. The zero-order valence-corrected chi connectivity index (χ0v) is 23.0. The maximum atomic E-state index is 13.8.